The number of aromatic amines is 1. The summed E-state index contributed by atoms with van der Waals surface area (Å²) in [5, 5.41) is 3.41. The van der Waals surface area contributed by atoms with Crippen LogP contribution in [0.3, 0.4) is 0 Å². The van der Waals surface area contributed by atoms with Gasteiger partial charge < -0.3 is 10.3 Å². The van der Waals surface area contributed by atoms with Crippen molar-refractivity contribution in [3.05, 3.63) is 41.3 Å². The Morgan fingerprint density at radius 1 is 1.20 bits per heavy atom. The van der Waals surface area contributed by atoms with Crippen LogP contribution in [-0.2, 0) is 6.42 Å². The molecule has 0 spiro atoms. The lowest BCUT2D eigenvalue weighted by Crippen LogP contribution is -2.28. The number of hydrogen-bond acceptors (Lipinski definition) is 2. The van der Waals surface area contributed by atoms with Crippen molar-refractivity contribution in [3.63, 3.8) is 0 Å². The molecule has 3 rings (SSSR count). The SMILES string of the molecule is Cc1ccc(-c2cnc(CC3CCNCC3)[nH]2)c(C)c1. The Morgan fingerprint density at radius 3 is 2.75 bits per heavy atom. The topological polar surface area (TPSA) is 40.7 Å². The van der Waals surface area contributed by atoms with E-state index in [4.69, 9.17) is 0 Å². The molecule has 1 aromatic carbocycles. The number of hydrogen-bond donors (Lipinski definition) is 2. The van der Waals surface area contributed by atoms with Gasteiger partial charge in [0.1, 0.15) is 5.82 Å². The maximum atomic E-state index is 4.57. The molecule has 0 saturated carbocycles. The second-order valence-corrected chi connectivity index (χ2v) is 5.96. The average Bonchev–Trinajstić information content (AvgIpc) is 2.88. The van der Waals surface area contributed by atoms with Gasteiger partial charge in [-0.15, -0.1) is 0 Å². The average molecular weight is 269 g/mol. The highest BCUT2D eigenvalue weighted by Gasteiger charge is 2.15. The number of aromatic nitrogens is 2. The highest BCUT2D eigenvalue weighted by molar-refractivity contribution is 5.63. The first-order valence-corrected chi connectivity index (χ1v) is 7.54. The molecule has 1 aliphatic heterocycles. The molecule has 0 unspecified atom stereocenters. The summed E-state index contributed by atoms with van der Waals surface area (Å²) in [6.45, 7) is 6.59. The molecule has 1 aliphatic rings. The Hall–Kier alpha value is -1.61. The van der Waals surface area contributed by atoms with E-state index in [1.165, 1.54) is 29.5 Å². The maximum Gasteiger partial charge on any atom is 0.106 e. The van der Waals surface area contributed by atoms with Crippen LogP contribution in [0.4, 0.5) is 0 Å². The minimum atomic E-state index is 0.773. The van der Waals surface area contributed by atoms with Gasteiger partial charge >= 0.3 is 0 Å². The van der Waals surface area contributed by atoms with E-state index in [9.17, 15) is 0 Å². The summed E-state index contributed by atoms with van der Waals surface area (Å²) in [5.41, 5.74) is 5.02. The summed E-state index contributed by atoms with van der Waals surface area (Å²) < 4.78 is 0. The van der Waals surface area contributed by atoms with Crippen molar-refractivity contribution in [1.82, 2.24) is 15.3 Å². The van der Waals surface area contributed by atoms with E-state index in [1.807, 2.05) is 6.20 Å². The van der Waals surface area contributed by atoms with Crippen molar-refractivity contribution >= 4 is 0 Å². The van der Waals surface area contributed by atoms with Crippen LogP contribution in [0.1, 0.15) is 29.8 Å². The third-order valence-electron chi connectivity index (χ3n) is 4.24. The third-order valence-corrected chi connectivity index (χ3v) is 4.24. The molecule has 0 amide bonds. The molecule has 0 bridgehead atoms. The zero-order valence-electron chi connectivity index (χ0n) is 12.4. The van der Waals surface area contributed by atoms with Gasteiger partial charge in [-0.05, 0) is 51.3 Å². The molecule has 2 N–H and O–H groups in total. The Morgan fingerprint density at radius 2 is 2.00 bits per heavy atom. The number of nitrogens with zero attached hydrogens (tertiary/aromatic N) is 1. The van der Waals surface area contributed by atoms with Gasteiger partial charge in [0.2, 0.25) is 0 Å². The smallest absolute Gasteiger partial charge is 0.106 e. The third kappa shape index (κ3) is 2.93. The summed E-state index contributed by atoms with van der Waals surface area (Å²) in [6, 6.07) is 6.57. The molecule has 3 heteroatoms. The second kappa shape index (κ2) is 5.80. The lowest BCUT2D eigenvalue weighted by atomic mass is 9.94. The van der Waals surface area contributed by atoms with Crippen LogP contribution in [0.5, 0.6) is 0 Å². The van der Waals surface area contributed by atoms with Crippen molar-refractivity contribution in [1.29, 1.82) is 0 Å². The molecule has 0 radical (unpaired) electrons. The molecule has 106 valence electrons. The number of H-pyrrole nitrogens is 1. The van der Waals surface area contributed by atoms with Crippen LogP contribution in [-0.4, -0.2) is 23.1 Å². The molecule has 1 saturated heterocycles. The van der Waals surface area contributed by atoms with Crippen LogP contribution in [0.2, 0.25) is 0 Å². The summed E-state index contributed by atoms with van der Waals surface area (Å²) in [6.07, 6.45) is 5.58. The minimum Gasteiger partial charge on any atom is -0.342 e. The monoisotopic (exact) mass is 269 g/mol. The zero-order valence-corrected chi connectivity index (χ0v) is 12.4. The van der Waals surface area contributed by atoms with Crippen molar-refractivity contribution in [2.24, 2.45) is 5.92 Å². The lowest BCUT2D eigenvalue weighted by molar-refractivity contribution is 0.368. The van der Waals surface area contributed by atoms with Gasteiger partial charge in [0.25, 0.3) is 0 Å². The van der Waals surface area contributed by atoms with Crippen molar-refractivity contribution < 1.29 is 0 Å². The summed E-state index contributed by atoms with van der Waals surface area (Å²) in [5.74, 6) is 1.90. The Labute approximate surface area is 120 Å². The summed E-state index contributed by atoms with van der Waals surface area (Å²) >= 11 is 0. The fourth-order valence-electron chi connectivity index (χ4n) is 3.08. The molecule has 1 fully saturated rings. The molecule has 3 nitrogen and oxygen atoms in total. The van der Waals surface area contributed by atoms with Crippen LogP contribution in [0, 0.1) is 19.8 Å². The van der Waals surface area contributed by atoms with E-state index in [2.05, 4.69) is 47.3 Å². The van der Waals surface area contributed by atoms with Crippen LogP contribution >= 0.6 is 0 Å². The highest BCUT2D eigenvalue weighted by Crippen LogP contribution is 2.24. The molecule has 2 aromatic rings. The highest BCUT2D eigenvalue weighted by atomic mass is 14.9. The number of rotatable bonds is 3. The maximum absolute atomic E-state index is 4.57. The van der Waals surface area contributed by atoms with E-state index in [0.717, 1.165) is 36.9 Å². The fraction of sp³-hybridized carbons (Fsp3) is 0.471. The van der Waals surface area contributed by atoms with Crippen molar-refractivity contribution in [2.75, 3.05) is 13.1 Å². The summed E-state index contributed by atoms with van der Waals surface area (Å²) in [7, 11) is 0. The predicted molar refractivity (Wildman–Crippen MR) is 82.8 cm³/mol. The number of benzene rings is 1. The van der Waals surface area contributed by atoms with E-state index < -0.39 is 0 Å². The van der Waals surface area contributed by atoms with Gasteiger partial charge in [-0.2, -0.15) is 0 Å². The Balaban J connectivity index is 1.75. The number of nitrogens with one attached hydrogen (secondary N) is 2. The molecule has 0 atom stereocenters. The van der Waals surface area contributed by atoms with E-state index >= 15 is 0 Å². The van der Waals surface area contributed by atoms with Gasteiger partial charge in [-0.3, -0.25) is 0 Å². The standard InChI is InChI=1S/C17H23N3/c1-12-3-4-15(13(2)9-12)16-11-19-17(20-16)10-14-5-7-18-8-6-14/h3-4,9,11,14,18H,5-8,10H2,1-2H3,(H,19,20). The van der Waals surface area contributed by atoms with E-state index in [-0.39, 0.29) is 0 Å². The molecular formula is C17H23N3. The van der Waals surface area contributed by atoms with Gasteiger partial charge in [-0.1, -0.05) is 23.8 Å². The van der Waals surface area contributed by atoms with Crippen LogP contribution < -0.4 is 5.32 Å². The molecule has 1 aromatic heterocycles. The first-order valence-electron chi connectivity index (χ1n) is 7.54. The van der Waals surface area contributed by atoms with Crippen LogP contribution in [0.15, 0.2) is 24.4 Å². The van der Waals surface area contributed by atoms with Crippen LogP contribution in [0.25, 0.3) is 11.3 Å². The van der Waals surface area contributed by atoms with Gasteiger partial charge in [-0.25, -0.2) is 4.98 Å². The molecule has 2 heterocycles. The number of imidazole rings is 1. The van der Waals surface area contributed by atoms with Gasteiger partial charge in [0, 0.05) is 12.0 Å². The minimum absolute atomic E-state index is 0.773. The first-order chi connectivity index (χ1) is 9.72. The Bertz CT molecular complexity index is 580. The second-order valence-electron chi connectivity index (χ2n) is 5.96. The Kier molecular flexibility index (Phi) is 3.88. The first kappa shape index (κ1) is 13.4. The quantitative estimate of drug-likeness (QED) is 0.898. The molecule has 0 aliphatic carbocycles. The lowest BCUT2D eigenvalue weighted by Gasteiger charge is -2.21. The number of piperidine rings is 1. The van der Waals surface area contributed by atoms with Gasteiger partial charge in [0.05, 0.1) is 11.9 Å². The zero-order chi connectivity index (χ0) is 13.9. The van der Waals surface area contributed by atoms with Crippen molar-refractivity contribution in [3.8, 4) is 11.3 Å². The molecule has 20 heavy (non-hydrogen) atoms. The predicted octanol–water partition coefficient (Wildman–Crippen LogP) is 3.24. The number of aryl methyl sites for hydroxylation is 2. The fourth-order valence-corrected chi connectivity index (χ4v) is 3.08. The normalized spacial score (nSPS) is 16.5. The van der Waals surface area contributed by atoms with E-state index in [0.29, 0.717) is 0 Å². The van der Waals surface area contributed by atoms with Gasteiger partial charge in [0.15, 0.2) is 0 Å². The van der Waals surface area contributed by atoms with Crippen molar-refractivity contribution in [2.45, 2.75) is 33.1 Å². The molecular weight excluding hydrogens is 246 g/mol. The van der Waals surface area contributed by atoms with E-state index in [1.54, 1.807) is 0 Å². The largest absolute Gasteiger partial charge is 0.342 e. The summed E-state index contributed by atoms with van der Waals surface area (Å²) in [4.78, 5) is 8.08.